The molecular formula is C36H26O4. The molecule has 0 atom stereocenters. The maximum absolute atomic E-state index is 6.47. The molecule has 0 aromatic heterocycles. The topological polar surface area (TPSA) is 36.9 Å². The van der Waals surface area contributed by atoms with E-state index in [1.54, 1.807) is 0 Å². The van der Waals surface area contributed by atoms with Crippen molar-refractivity contribution in [3.05, 3.63) is 158 Å². The number of para-hydroxylation sites is 8. The average Bonchev–Trinajstić information content (AvgIpc) is 3.01. The van der Waals surface area contributed by atoms with Crippen LogP contribution in [0.15, 0.2) is 158 Å². The van der Waals surface area contributed by atoms with E-state index < -0.39 is 0 Å². The fraction of sp³-hybridized carbons (Fsp3) is 0. The normalized spacial score (nSPS) is 10.5. The van der Waals surface area contributed by atoms with Gasteiger partial charge in [0.2, 0.25) is 0 Å². The van der Waals surface area contributed by atoms with E-state index in [0.717, 1.165) is 22.6 Å². The Balaban J connectivity index is 1.32. The maximum Gasteiger partial charge on any atom is 0.169 e. The summed E-state index contributed by atoms with van der Waals surface area (Å²) in [6.07, 6.45) is 0. The third-order valence-electron chi connectivity index (χ3n) is 6.14. The molecule has 6 rings (SSSR count). The van der Waals surface area contributed by atoms with E-state index in [0.29, 0.717) is 34.5 Å². The molecule has 4 heteroatoms. The van der Waals surface area contributed by atoms with E-state index in [9.17, 15) is 0 Å². The van der Waals surface area contributed by atoms with Crippen molar-refractivity contribution in [3.63, 3.8) is 0 Å². The first-order chi connectivity index (χ1) is 19.8. The van der Waals surface area contributed by atoms with E-state index in [-0.39, 0.29) is 0 Å². The van der Waals surface area contributed by atoms with Crippen LogP contribution >= 0.6 is 0 Å². The monoisotopic (exact) mass is 522 g/mol. The molecule has 0 saturated carbocycles. The predicted molar refractivity (Wildman–Crippen MR) is 158 cm³/mol. The molecule has 0 saturated heterocycles. The van der Waals surface area contributed by atoms with Gasteiger partial charge in [0.1, 0.15) is 23.0 Å². The number of ether oxygens (including phenoxy) is 4. The van der Waals surface area contributed by atoms with Crippen LogP contribution in [0.5, 0.6) is 46.0 Å². The number of benzene rings is 6. The van der Waals surface area contributed by atoms with Crippen molar-refractivity contribution in [2.75, 3.05) is 0 Å². The van der Waals surface area contributed by atoms with Crippen LogP contribution in [0, 0.1) is 0 Å². The average molecular weight is 523 g/mol. The highest BCUT2D eigenvalue weighted by atomic mass is 16.5. The third kappa shape index (κ3) is 5.82. The van der Waals surface area contributed by atoms with Crippen molar-refractivity contribution in [3.8, 4) is 57.1 Å². The molecule has 6 aromatic rings. The van der Waals surface area contributed by atoms with E-state index in [2.05, 4.69) is 0 Å². The second-order valence-electron chi connectivity index (χ2n) is 8.92. The van der Waals surface area contributed by atoms with Gasteiger partial charge in [0, 0.05) is 11.1 Å². The highest BCUT2D eigenvalue weighted by Crippen LogP contribution is 2.43. The fourth-order valence-corrected chi connectivity index (χ4v) is 4.26. The van der Waals surface area contributed by atoms with E-state index >= 15 is 0 Å². The first kappa shape index (κ1) is 24.8. The highest BCUT2D eigenvalue weighted by molar-refractivity contribution is 5.76. The largest absolute Gasteiger partial charge is 0.453 e. The number of hydrogen-bond acceptors (Lipinski definition) is 4. The van der Waals surface area contributed by atoms with E-state index in [1.165, 1.54) is 0 Å². The first-order valence-electron chi connectivity index (χ1n) is 13.0. The molecule has 0 fully saturated rings. The third-order valence-corrected chi connectivity index (χ3v) is 6.14. The minimum absolute atomic E-state index is 0.610. The molecule has 0 aliphatic carbocycles. The zero-order valence-corrected chi connectivity index (χ0v) is 21.6. The van der Waals surface area contributed by atoms with Crippen molar-refractivity contribution in [2.24, 2.45) is 0 Å². The van der Waals surface area contributed by atoms with Crippen LogP contribution in [0.3, 0.4) is 0 Å². The van der Waals surface area contributed by atoms with Gasteiger partial charge in [-0.15, -0.1) is 0 Å². The highest BCUT2D eigenvalue weighted by Gasteiger charge is 2.16. The maximum atomic E-state index is 6.47. The van der Waals surface area contributed by atoms with Gasteiger partial charge < -0.3 is 18.9 Å². The molecular weight excluding hydrogens is 496 g/mol. The summed E-state index contributed by atoms with van der Waals surface area (Å²) < 4.78 is 25.2. The summed E-state index contributed by atoms with van der Waals surface area (Å²) in [7, 11) is 0. The van der Waals surface area contributed by atoms with Crippen molar-refractivity contribution >= 4 is 0 Å². The Morgan fingerprint density at radius 1 is 0.225 bits per heavy atom. The molecule has 0 amide bonds. The van der Waals surface area contributed by atoms with Crippen molar-refractivity contribution < 1.29 is 18.9 Å². The zero-order valence-electron chi connectivity index (χ0n) is 21.6. The van der Waals surface area contributed by atoms with Gasteiger partial charge in [-0.2, -0.15) is 0 Å². The van der Waals surface area contributed by atoms with Gasteiger partial charge in [0.25, 0.3) is 0 Å². The van der Waals surface area contributed by atoms with Gasteiger partial charge in [-0.25, -0.2) is 0 Å². The summed E-state index contributed by atoms with van der Waals surface area (Å²) in [4.78, 5) is 0. The predicted octanol–water partition coefficient (Wildman–Crippen LogP) is 10.5. The SMILES string of the molecule is c1ccc(Oc2ccccc2Oc2ccccc2-c2ccccc2Oc2ccccc2Oc2ccccc2)cc1. The summed E-state index contributed by atoms with van der Waals surface area (Å²) in [5, 5.41) is 0. The van der Waals surface area contributed by atoms with E-state index in [4.69, 9.17) is 18.9 Å². The smallest absolute Gasteiger partial charge is 0.169 e. The van der Waals surface area contributed by atoms with Gasteiger partial charge >= 0.3 is 0 Å². The second-order valence-corrected chi connectivity index (χ2v) is 8.92. The molecule has 0 aliphatic rings. The molecule has 0 aliphatic heterocycles. The van der Waals surface area contributed by atoms with Gasteiger partial charge in [-0.3, -0.25) is 0 Å². The zero-order chi connectivity index (χ0) is 27.0. The summed E-state index contributed by atoms with van der Waals surface area (Å²) in [5.74, 6) is 5.30. The lowest BCUT2D eigenvalue weighted by molar-refractivity contribution is 0.416. The Morgan fingerprint density at radius 2 is 0.500 bits per heavy atom. The van der Waals surface area contributed by atoms with Gasteiger partial charge in [-0.05, 0) is 60.7 Å². The summed E-state index contributed by atoms with van der Waals surface area (Å²) in [6, 6.07) is 50.4. The Bertz CT molecular complexity index is 1570. The molecule has 0 N–H and O–H groups in total. The van der Waals surface area contributed by atoms with Crippen molar-refractivity contribution in [1.29, 1.82) is 0 Å². The Hall–Kier alpha value is -5.48. The number of rotatable bonds is 9. The number of hydrogen-bond donors (Lipinski definition) is 0. The molecule has 0 bridgehead atoms. The molecule has 0 heterocycles. The van der Waals surface area contributed by atoms with Crippen LogP contribution in [0.2, 0.25) is 0 Å². The Morgan fingerprint density at radius 3 is 0.875 bits per heavy atom. The lowest BCUT2D eigenvalue weighted by atomic mass is 10.0. The molecule has 40 heavy (non-hydrogen) atoms. The molecule has 6 aromatic carbocycles. The van der Waals surface area contributed by atoms with Crippen LogP contribution in [-0.2, 0) is 0 Å². The van der Waals surface area contributed by atoms with Crippen LogP contribution in [0.4, 0.5) is 0 Å². The van der Waals surface area contributed by atoms with Gasteiger partial charge in [0.15, 0.2) is 23.0 Å². The quantitative estimate of drug-likeness (QED) is 0.189. The molecule has 0 spiro atoms. The first-order valence-corrected chi connectivity index (χ1v) is 13.0. The molecule has 4 nitrogen and oxygen atoms in total. The minimum atomic E-state index is 0.610. The summed E-state index contributed by atoms with van der Waals surface area (Å²) >= 11 is 0. The second kappa shape index (κ2) is 11.9. The van der Waals surface area contributed by atoms with Gasteiger partial charge in [0.05, 0.1) is 0 Å². The molecule has 0 unspecified atom stereocenters. The van der Waals surface area contributed by atoms with Crippen LogP contribution < -0.4 is 18.9 Å². The van der Waals surface area contributed by atoms with Gasteiger partial charge in [-0.1, -0.05) is 97.1 Å². The van der Waals surface area contributed by atoms with Crippen LogP contribution in [-0.4, -0.2) is 0 Å². The lowest BCUT2D eigenvalue weighted by Gasteiger charge is -2.17. The Kier molecular flexibility index (Phi) is 7.40. The van der Waals surface area contributed by atoms with Crippen molar-refractivity contribution in [2.45, 2.75) is 0 Å². The van der Waals surface area contributed by atoms with Crippen LogP contribution in [0.25, 0.3) is 11.1 Å². The molecule has 0 radical (unpaired) electrons. The lowest BCUT2D eigenvalue weighted by Crippen LogP contribution is -1.94. The summed E-state index contributed by atoms with van der Waals surface area (Å²) in [5.41, 5.74) is 1.77. The minimum Gasteiger partial charge on any atom is -0.453 e. The standard InChI is InChI=1S/C36H26O4/c1-3-15-27(16-4-1)37-33-23-11-13-25-35(33)39-31-21-9-7-19-29(31)30-20-8-10-22-32(30)40-36-26-14-12-24-34(36)38-28-17-5-2-6-18-28/h1-26H. The van der Waals surface area contributed by atoms with Crippen molar-refractivity contribution in [1.82, 2.24) is 0 Å². The van der Waals surface area contributed by atoms with Crippen LogP contribution in [0.1, 0.15) is 0 Å². The Labute approximate surface area is 233 Å². The van der Waals surface area contributed by atoms with E-state index in [1.807, 2.05) is 158 Å². The summed E-state index contributed by atoms with van der Waals surface area (Å²) in [6.45, 7) is 0. The molecule has 194 valence electrons. The fourth-order valence-electron chi connectivity index (χ4n) is 4.26.